The molecule has 0 spiro atoms. The lowest BCUT2D eigenvalue weighted by atomic mass is 10.1. The molecule has 1 aliphatic rings. The summed E-state index contributed by atoms with van der Waals surface area (Å²) in [5, 5.41) is 0. The van der Waals surface area contributed by atoms with Gasteiger partial charge in [0.15, 0.2) is 21.9 Å². The first kappa shape index (κ1) is 18.7. The van der Waals surface area contributed by atoms with Crippen molar-refractivity contribution in [3.63, 3.8) is 0 Å². The second kappa shape index (κ2) is 7.79. The van der Waals surface area contributed by atoms with Gasteiger partial charge >= 0.3 is 0 Å². The summed E-state index contributed by atoms with van der Waals surface area (Å²) in [6, 6.07) is 5.91. The Morgan fingerprint density at radius 2 is 2.04 bits per heavy atom. The number of hydrogen-bond acceptors (Lipinski definition) is 5. The maximum atomic E-state index is 12.2. The van der Waals surface area contributed by atoms with Crippen molar-refractivity contribution in [3.05, 3.63) is 44.7 Å². The van der Waals surface area contributed by atoms with Crippen molar-refractivity contribution in [1.29, 1.82) is 0 Å². The summed E-state index contributed by atoms with van der Waals surface area (Å²) >= 11 is 5.24. The average molecular weight is 401 g/mol. The predicted molar refractivity (Wildman–Crippen MR) is 110 cm³/mol. The number of fused-ring (bicyclic) bond motifs is 1. The first-order chi connectivity index (χ1) is 13.6. The van der Waals surface area contributed by atoms with Crippen LogP contribution in [0.1, 0.15) is 44.0 Å². The van der Waals surface area contributed by atoms with Gasteiger partial charge in [-0.15, -0.1) is 0 Å². The van der Waals surface area contributed by atoms with Crippen LogP contribution in [0.3, 0.4) is 0 Å². The predicted octanol–water partition coefficient (Wildman–Crippen LogP) is 3.72. The molecular weight excluding hydrogens is 376 g/mol. The second-order valence-electron chi connectivity index (χ2n) is 7.07. The van der Waals surface area contributed by atoms with Gasteiger partial charge in [0.1, 0.15) is 11.3 Å². The largest absolute Gasteiger partial charge is 0.493 e. The summed E-state index contributed by atoms with van der Waals surface area (Å²) in [5.74, 6) is 2.20. The van der Waals surface area contributed by atoms with Gasteiger partial charge in [0.2, 0.25) is 0 Å². The van der Waals surface area contributed by atoms with E-state index in [2.05, 4.69) is 15.0 Å². The Hall–Kier alpha value is -2.61. The minimum absolute atomic E-state index is 0.247. The molecule has 0 radical (unpaired) electrons. The maximum Gasteiger partial charge on any atom is 0.277 e. The second-order valence-corrected chi connectivity index (χ2v) is 7.46. The Bertz CT molecular complexity index is 1110. The number of hydrogen-bond donors (Lipinski definition) is 2. The molecule has 3 aromatic rings. The highest BCUT2D eigenvalue weighted by molar-refractivity contribution is 7.71. The Labute approximate surface area is 167 Å². The molecule has 0 saturated heterocycles. The highest BCUT2D eigenvalue weighted by Gasteiger charge is 2.19. The summed E-state index contributed by atoms with van der Waals surface area (Å²) in [5.41, 5.74) is 1.82. The first-order valence-electron chi connectivity index (χ1n) is 9.64. The standard InChI is InChI=1S/C20H24N4O3S/c1-3-24-18-17(19(25)23-20(24)28)21-16(22-18)11-12-8-9-14(26-2)15(10-12)27-13-6-4-5-7-13/h8-10,13H,3-7,11H2,1-2H3,(H,21,22)(H,23,25,28). The smallest absolute Gasteiger partial charge is 0.277 e. The van der Waals surface area contributed by atoms with Gasteiger partial charge in [0, 0.05) is 13.0 Å². The third-order valence-corrected chi connectivity index (χ3v) is 5.52. The van der Waals surface area contributed by atoms with Crippen LogP contribution in [0.25, 0.3) is 11.2 Å². The molecule has 2 heterocycles. The van der Waals surface area contributed by atoms with Crippen LogP contribution < -0.4 is 15.0 Å². The zero-order chi connectivity index (χ0) is 19.7. The number of imidazole rings is 1. The molecule has 0 amide bonds. The van der Waals surface area contributed by atoms with Crippen LogP contribution in [0.2, 0.25) is 0 Å². The Morgan fingerprint density at radius 3 is 2.75 bits per heavy atom. The molecule has 1 aliphatic carbocycles. The van der Waals surface area contributed by atoms with Gasteiger partial charge in [0.05, 0.1) is 13.2 Å². The van der Waals surface area contributed by atoms with Gasteiger partial charge < -0.3 is 19.0 Å². The van der Waals surface area contributed by atoms with E-state index in [1.807, 2.05) is 29.7 Å². The van der Waals surface area contributed by atoms with Crippen LogP contribution in [-0.2, 0) is 13.0 Å². The van der Waals surface area contributed by atoms with Crippen molar-refractivity contribution in [2.45, 2.75) is 51.7 Å². The summed E-state index contributed by atoms with van der Waals surface area (Å²) in [7, 11) is 1.65. The fourth-order valence-electron chi connectivity index (χ4n) is 3.77. The molecule has 148 valence electrons. The van der Waals surface area contributed by atoms with Crippen molar-refractivity contribution >= 4 is 23.4 Å². The molecule has 2 N–H and O–H groups in total. The fraction of sp³-hybridized carbons (Fsp3) is 0.450. The number of aromatic nitrogens is 4. The zero-order valence-corrected chi connectivity index (χ0v) is 16.9. The molecule has 1 aromatic carbocycles. The van der Waals surface area contributed by atoms with E-state index < -0.39 is 0 Å². The Balaban J connectivity index is 1.66. The van der Waals surface area contributed by atoms with Crippen molar-refractivity contribution < 1.29 is 9.47 Å². The lowest BCUT2D eigenvalue weighted by Gasteiger charge is -2.16. The van der Waals surface area contributed by atoms with Crippen molar-refractivity contribution in [2.75, 3.05) is 7.11 Å². The molecule has 1 saturated carbocycles. The lowest BCUT2D eigenvalue weighted by Crippen LogP contribution is -2.13. The van der Waals surface area contributed by atoms with Gasteiger partial charge in [-0.3, -0.25) is 9.78 Å². The van der Waals surface area contributed by atoms with Crippen LogP contribution in [0.15, 0.2) is 23.0 Å². The molecule has 0 bridgehead atoms. The molecule has 2 aromatic heterocycles. The molecule has 0 atom stereocenters. The molecule has 4 rings (SSSR count). The van der Waals surface area contributed by atoms with E-state index >= 15 is 0 Å². The number of rotatable bonds is 6. The SMILES string of the molecule is CCn1c(=S)[nH]c(=O)c2[nH]c(Cc3ccc(OC)c(OC4CCCC4)c3)nc21. The number of ether oxygens (including phenoxy) is 2. The van der Waals surface area contributed by atoms with Crippen LogP contribution in [0.4, 0.5) is 0 Å². The summed E-state index contributed by atoms with van der Waals surface area (Å²) in [6.45, 7) is 2.61. The first-order valence-corrected chi connectivity index (χ1v) is 10.0. The number of nitrogens with zero attached hydrogens (tertiary/aromatic N) is 2. The third kappa shape index (κ3) is 3.56. The quantitative estimate of drug-likeness (QED) is 0.616. The number of H-pyrrole nitrogens is 2. The van der Waals surface area contributed by atoms with E-state index in [9.17, 15) is 4.79 Å². The summed E-state index contributed by atoms with van der Waals surface area (Å²) < 4.78 is 13.8. The van der Waals surface area contributed by atoms with Gasteiger partial charge in [-0.25, -0.2) is 4.98 Å². The molecular formula is C20H24N4O3S. The van der Waals surface area contributed by atoms with E-state index in [4.69, 9.17) is 21.7 Å². The third-order valence-electron chi connectivity index (χ3n) is 5.19. The van der Waals surface area contributed by atoms with Gasteiger partial charge in [0.25, 0.3) is 5.56 Å². The average Bonchev–Trinajstić information content (AvgIpc) is 3.32. The Kier molecular flexibility index (Phi) is 5.21. The van der Waals surface area contributed by atoms with Gasteiger partial charge in [-0.05, 0) is 62.5 Å². The molecule has 1 fully saturated rings. The van der Waals surface area contributed by atoms with E-state index in [0.717, 1.165) is 29.9 Å². The minimum atomic E-state index is -0.247. The molecule has 7 nitrogen and oxygen atoms in total. The number of methoxy groups -OCH3 is 1. The highest BCUT2D eigenvalue weighted by atomic mass is 32.1. The molecule has 8 heteroatoms. The minimum Gasteiger partial charge on any atom is -0.493 e. The van der Waals surface area contributed by atoms with Crippen LogP contribution in [0.5, 0.6) is 11.5 Å². The van der Waals surface area contributed by atoms with Crippen molar-refractivity contribution in [1.82, 2.24) is 19.5 Å². The van der Waals surface area contributed by atoms with Crippen molar-refractivity contribution in [2.24, 2.45) is 0 Å². The van der Waals surface area contributed by atoms with Gasteiger partial charge in [-0.2, -0.15) is 0 Å². The van der Waals surface area contributed by atoms with E-state index in [1.165, 1.54) is 12.8 Å². The Morgan fingerprint density at radius 1 is 1.25 bits per heavy atom. The fourth-order valence-corrected chi connectivity index (χ4v) is 4.08. The normalized spacial score (nSPS) is 14.6. The van der Waals surface area contributed by atoms with Crippen LogP contribution >= 0.6 is 12.2 Å². The lowest BCUT2D eigenvalue weighted by molar-refractivity contribution is 0.200. The van der Waals surface area contributed by atoms with E-state index in [-0.39, 0.29) is 11.7 Å². The molecule has 28 heavy (non-hydrogen) atoms. The number of aromatic amines is 2. The van der Waals surface area contributed by atoms with Gasteiger partial charge in [-0.1, -0.05) is 6.07 Å². The van der Waals surface area contributed by atoms with Crippen LogP contribution in [0, 0.1) is 4.77 Å². The molecule has 0 aliphatic heterocycles. The topological polar surface area (TPSA) is 84.9 Å². The summed E-state index contributed by atoms with van der Waals surface area (Å²) in [4.78, 5) is 22.7. The van der Waals surface area contributed by atoms with E-state index in [1.54, 1.807) is 7.11 Å². The highest BCUT2D eigenvalue weighted by Crippen LogP contribution is 2.33. The monoisotopic (exact) mass is 400 g/mol. The van der Waals surface area contributed by atoms with Crippen LogP contribution in [-0.4, -0.2) is 32.7 Å². The summed E-state index contributed by atoms with van der Waals surface area (Å²) in [6.07, 6.45) is 5.39. The molecule has 0 unspecified atom stereocenters. The number of nitrogens with one attached hydrogen (secondary N) is 2. The maximum absolute atomic E-state index is 12.2. The number of aryl methyl sites for hydroxylation is 1. The zero-order valence-electron chi connectivity index (χ0n) is 16.1. The van der Waals surface area contributed by atoms with Crippen molar-refractivity contribution in [3.8, 4) is 11.5 Å². The number of benzene rings is 1. The van der Waals surface area contributed by atoms with E-state index in [0.29, 0.717) is 34.7 Å².